The summed E-state index contributed by atoms with van der Waals surface area (Å²) in [7, 11) is 0. The third-order valence-corrected chi connectivity index (χ3v) is 4.87. The lowest BCUT2D eigenvalue weighted by Gasteiger charge is -2.22. The number of aromatic nitrogens is 3. The molecule has 1 atom stereocenters. The van der Waals surface area contributed by atoms with E-state index in [9.17, 15) is 5.11 Å². The highest BCUT2D eigenvalue weighted by molar-refractivity contribution is 5.84. The van der Waals surface area contributed by atoms with Crippen LogP contribution < -0.4 is 0 Å². The molecule has 0 radical (unpaired) electrons. The van der Waals surface area contributed by atoms with Crippen LogP contribution in [-0.4, -0.2) is 20.3 Å². The van der Waals surface area contributed by atoms with Crippen molar-refractivity contribution in [3.05, 3.63) is 70.5 Å². The number of nitrogens with zero attached hydrogens (tertiary/aromatic N) is 3. The normalized spacial score (nSPS) is 18.8. The van der Waals surface area contributed by atoms with Crippen LogP contribution in [-0.2, 0) is 19.3 Å². The molecule has 4 heteroatoms. The standard InChI is InChI=1S/C19H15N3O/c23-14-6-13-10-20-22-17-8-12(11-4-2-1-3-5-11)7-15-19(17)18(13)16(9-14)21-15/h1-6,10,12,23H,7-9H2. The predicted molar refractivity (Wildman–Crippen MR) is 87.3 cm³/mol. The van der Waals surface area contributed by atoms with E-state index in [1.54, 1.807) is 12.3 Å². The van der Waals surface area contributed by atoms with E-state index in [0.717, 1.165) is 46.6 Å². The molecule has 5 rings (SSSR count). The van der Waals surface area contributed by atoms with Crippen molar-refractivity contribution < 1.29 is 5.11 Å². The SMILES string of the molecule is OC1=Cc2cnnc3c4c(nc(c2-4)C1)CC(c1ccccc1)C3. The second-order valence-electron chi connectivity index (χ2n) is 6.33. The summed E-state index contributed by atoms with van der Waals surface area (Å²) in [6.45, 7) is 0. The average Bonchev–Trinajstić information content (AvgIpc) is 2.82. The van der Waals surface area contributed by atoms with Gasteiger partial charge in [-0.05, 0) is 30.4 Å². The zero-order valence-electron chi connectivity index (χ0n) is 12.5. The summed E-state index contributed by atoms with van der Waals surface area (Å²) in [5.74, 6) is 0.731. The van der Waals surface area contributed by atoms with Crippen molar-refractivity contribution in [2.45, 2.75) is 25.2 Å². The molecule has 0 fully saturated rings. The second-order valence-corrected chi connectivity index (χ2v) is 6.33. The Kier molecular flexibility index (Phi) is 2.56. The fourth-order valence-electron chi connectivity index (χ4n) is 3.89. The van der Waals surface area contributed by atoms with Gasteiger partial charge in [-0.15, -0.1) is 0 Å². The zero-order chi connectivity index (χ0) is 15.4. The molecular weight excluding hydrogens is 286 g/mol. The Labute approximate surface area is 133 Å². The summed E-state index contributed by atoms with van der Waals surface area (Å²) in [5.41, 5.74) is 7.61. The highest BCUT2D eigenvalue weighted by Gasteiger charge is 2.33. The van der Waals surface area contributed by atoms with E-state index in [4.69, 9.17) is 4.98 Å². The van der Waals surface area contributed by atoms with Gasteiger partial charge in [-0.3, -0.25) is 4.98 Å². The monoisotopic (exact) mass is 301 g/mol. The van der Waals surface area contributed by atoms with Crippen LogP contribution in [0.5, 0.6) is 0 Å². The molecule has 23 heavy (non-hydrogen) atoms. The highest BCUT2D eigenvalue weighted by Crippen LogP contribution is 2.44. The van der Waals surface area contributed by atoms with E-state index in [-0.39, 0.29) is 0 Å². The topological polar surface area (TPSA) is 58.9 Å². The van der Waals surface area contributed by atoms with Gasteiger partial charge in [0.15, 0.2) is 0 Å². The highest BCUT2D eigenvalue weighted by atomic mass is 16.3. The first kappa shape index (κ1) is 12.8. The molecule has 0 spiro atoms. The molecule has 112 valence electrons. The minimum absolute atomic E-state index is 0.344. The lowest BCUT2D eigenvalue weighted by molar-refractivity contribution is 0.402. The maximum absolute atomic E-state index is 9.96. The molecule has 1 aromatic rings. The Bertz CT molecular complexity index is 918. The molecule has 0 saturated carbocycles. The van der Waals surface area contributed by atoms with Gasteiger partial charge in [-0.25, -0.2) is 0 Å². The summed E-state index contributed by atoms with van der Waals surface area (Å²) < 4.78 is 0. The van der Waals surface area contributed by atoms with Gasteiger partial charge < -0.3 is 5.11 Å². The van der Waals surface area contributed by atoms with Crippen LogP contribution >= 0.6 is 0 Å². The fourth-order valence-corrected chi connectivity index (χ4v) is 3.89. The van der Waals surface area contributed by atoms with Crippen LogP contribution in [0.15, 0.2) is 42.3 Å². The number of rotatable bonds is 1. The second kappa shape index (κ2) is 4.62. The smallest absolute Gasteiger partial charge is 0.0989 e. The van der Waals surface area contributed by atoms with E-state index < -0.39 is 0 Å². The first-order chi connectivity index (χ1) is 11.3. The fraction of sp³-hybridized carbons (Fsp3) is 0.211. The van der Waals surface area contributed by atoms with Crippen LogP contribution in [0.25, 0.3) is 17.2 Å². The Morgan fingerprint density at radius 3 is 2.65 bits per heavy atom. The van der Waals surface area contributed by atoms with Crippen molar-refractivity contribution in [2.75, 3.05) is 0 Å². The molecule has 2 heterocycles. The maximum atomic E-state index is 9.96. The first-order valence-electron chi connectivity index (χ1n) is 7.90. The Morgan fingerprint density at radius 1 is 0.957 bits per heavy atom. The predicted octanol–water partition coefficient (Wildman–Crippen LogP) is 3.31. The number of aliphatic hydroxyl groups excluding tert-OH is 1. The third-order valence-electron chi connectivity index (χ3n) is 4.87. The molecule has 2 aliphatic heterocycles. The van der Waals surface area contributed by atoms with Crippen LogP contribution in [0.2, 0.25) is 0 Å². The molecule has 4 aliphatic rings. The van der Waals surface area contributed by atoms with Gasteiger partial charge >= 0.3 is 0 Å². The summed E-state index contributed by atoms with van der Waals surface area (Å²) in [6.07, 6.45) is 5.83. The van der Waals surface area contributed by atoms with E-state index in [1.807, 2.05) is 6.07 Å². The summed E-state index contributed by atoms with van der Waals surface area (Å²) in [4.78, 5) is 4.84. The first-order valence-corrected chi connectivity index (χ1v) is 7.90. The molecule has 1 aromatic carbocycles. The van der Waals surface area contributed by atoms with Gasteiger partial charge in [-0.1, -0.05) is 30.3 Å². The molecule has 0 aromatic heterocycles. The summed E-state index contributed by atoms with van der Waals surface area (Å²) in [6, 6.07) is 10.5. The number of hydrogen-bond acceptors (Lipinski definition) is 4. The van der Waals surface area contributed by atoms with Gasteiger partial charge in [-0.2, -0.15) is 10.2 Å². The number of hydrogen-bond donors (Lipinski definition) is 1. The zero-order valence-corrected chi connectivity index (χ0v) is 12.5. The summed E-state index contributed by atoms with van der Waals surface area (Å²) >= 11 is 0. The van der Waals surface area contributed by atoms with Gasteiger partial charge in [0.2, 0.25) is 0 Å². The molecule has 0 bridgehead atoms. The minimum Gasteiger partial charge on any atom is -0.512 e. The number of allylic oxidation sites excluding steroid dienone is 1. The van der Waals surface area contributed by atoms with Crippen molar-refractivity contribution in [2.24, 2.45) is 0 Å². The van der Waals surface area contributed by atoms with Crippen LogP contribution in [0, 0.1) is 0 Å². The molecular formula is C19H15N3O. The van der Waals surface area contributed by atoms with E-state index in [2.05, 4.69) is 34.5 Å². The molecule has 1 unspecified atom stereocenters. The van der Waals surface area contributed by atoms with Crippen LogP contribution in [0.1, 0.15) is 34.1 Å². The average molecular weight is 301 g/mol. The molecule has 0 amide bonds. The Morgan fingerprint density at radius 2 is 1.78 bits per heavy atom. The van der Waals surface area contributed by atoms with Gasteiger partial charge in [0.05, 0.1) is 29.0 Å². The molecule has 1 N–H and O–H groups in total. The van der Waals surface area contributed by atoms with E-state index in [1.165, 1.54) is 5.56 Å². The van der Waals surface area contributed by atoms with Crippen molar-refractivity contribution >= 4 is 6.08 Å². The maximum Gasteiger partial charge on any atom is 0.0989 e. The van der Waals surface area contributed by atoms with Crippen LogP contribution in [0.4, 0.5) is 0 Å². The third kappa shape index (κ3) is 1.88. The van der Waals surface area contributed by atoms with E-state index >= 15 is 0 Å². The van der Waals surface area contributed by atoms with Gasteiger partial charge in [0.1, 0.15) is 0 Å². The largest absolute Gasteiger partial charge is 0.512 e. The Balaban J connectivity index is 1.68. The lowest BCUT2D eigenvalue weighted by atomic mass is 9.81. The Hall–Kier alpha value is -2.75. The van der Waals surface area contributed by atoms with Gasteiger partial charge in [0, 0.05) is 23.1 Å². The van der Waals surface area contributed by atoms with Crippen molar-refractivity contribution in [3.8, 4) is 11.1 Å². The number of aliphatic hydroxyl groups is 1. The molecule has 0 saturated heterocycles. The number of benzene rings is 1. The lowest BCUT2D eigenvalue weighted by Crippen LogP contribution is -2.14. The molecule has 4 nitrogen and oxygen atoms in total. The van der Waals surface area contributed by atoms with Crippen LogP contribution in [0.3, 0.4) is 0 Å². The molecule has 2 aliphatic carbocycles. The minimum atomic E-state index is 0.344. The van der Waals surface area contributed by atoms with Crippen molar-refractivity contribution in [3.63, 3.8) is 0 Å². The van der Waals surface area contributed by atoms with E-state index in [0.29, 0.717) is 18.1 Å². The quantitative estimate of drug-likeness (QED) is 0.749. The van der Waals surface area contributed by atoms with Crippen molar-refractivity contribution in [1.29, 1.82) is 0 Å². The summed E-state index contributed by atoms with van der Waals surface area (Å²) in [5, 5.41) is 18.6. The van der Waals surface area contributed by atoms with Crippen molar-refractivity contribution in [1.82, 2.24) is 15.2 Å². The van der Waals surface area contributed by atoms with Gasteiger partial charge in [0.25, 0.3) is 0 Å².